The van der Waals surface area contributed by atoms with Crippen molar-refractivity contribution in [3.8, 4) is 11.5 Å². The molecular weight excluding hydrogens is 452 g/mol. The number of ether oxygens (including phenoxy) is 3. The third-order valence-corrected chi connectivity index (χ3v) is 5.19. The molecule has 3 rings (SSSR count). The number of halogens is 2. The molecule has 2 aromatic rings. The lowest BCUT2D eigenvalue weighted by molar-refractivity contribution is -0.0228. The van der Waals surface area contributed by atoms with Gasteiger partial charge in [-0.2, -0.15) is 0 Å². The highest BCUT2D eigenvalue weighted by Crippen LogP contribution is 2.32. The average Bonchev–Trinajstić information content (AvgIpc) is 2.67. The highest BCUT2D eigenvalue weighted by atomic mass is 127. The summed E-state index contributed by atoms with van der Waals surface area (Å²) in [6, 6.07) is 9.66. The van der Waals surface area contributed by atoms with Crippen molar-refractivity contribution in [1.29, 1.82) is 0 Å². The molecule has 0 saturated carbocycles. The summed E-state index contributed by atoms with van der Waals surface area (Å²) < 4.78 is 30.3. The minimum absolute atomic E-state index is 0.0919. The second-order valence-corrected chi connectivity index (χ2v) is 7.01. The number of hydrogen-bond acceptors (Lipinski definition) is 4. The predicted molar refractivity (Wildman–Crippen MR) is 103 cm³/mol. The molecule has 1 heterocycles. The standard InChI is InChI=1S/C19H19FINO4/c1-24-16-9-14(15(21)10-17(16)25-2)19(23)22-7-8-26-18(11-22)12-3-5-13(20)6-4-12/h3-6,9-10,18H,7-8,11H2,1-2H3. The number of nitrogens with zero attached hydrogens (tertiary/aromatic N) is 1. The summed E-state index contributed by atoms with van der Waals surface area (Å²) in [5.74, 6) is 0.711. The monoisotopic (exact) mass is 471 g/mol. The minimum atomic E-state index is -0.294. The molecule has 0 radical (unpaired) electrons. The number of rotatable bonds is 4. The summed E-state index contributed by atoms with van der Waals surface area (Å²) in [6.07, 6.45) is -0.272. The molecule has 1 unspecified atom stereocenters. The number of methoxy groups -OCH3 is 2. The van der Waals surface area contributed by atoms with Gasteiger partial charge in [0.15, 0.2) is 11.5 Å². The first-order chi connectivity index (χ1) is 12.5. The van der Waals surface area contributed by atoms with E-state index in [1.807, 2.05) is 0 Å². The molecule has 138 valence electrons. The Labute approximate surface area is 165 Å². The van der Waals surface area contributed by atoms with Gasteiger partial charge in [-0.3, -0.25) is 4.79 Å². The van der Waals surface area contributed by atoms with E-state index in [0.717, 1.165) is 9.13 Å². The van der Waals surface area contributed by atoms with Crippen LogP contribution in [0.4, 0.5) is 4.39 Å². The first-order valence-electron chi connectivity index (χ1n) is 8.11. The van der Waals surface area contributed by atoms with Crippen LogP contribution < -0.4 is 9.47 Å². The fraction of sp³-hybridized carbons (Fsp3) is 0.316. The van der Waals surface area contributed by atoms with Crippen LogP contribution in [0, 0.1) is 9.39 Å². The second kappa shape index (κ2) is 8.22. The van der Waals surface area contributed by atoms with Gasteiger partial charge in [-0.15, -0.1) is 0 Å². The van der Waals surface area contributed by atoms with Crippen molar-refractivity contribution in [2.24, 2.45) is 0 Å². The van der Waals surface area contributed by atoms with Gasteiger partial charge >= 0.3 is 0 Å². The van der Waals surface area contributed by atoms with Crippen molar-refractivity contribution in [3.63, 3.8) is 0 Å². The van der Waals surface area contributed by atoms with Crippen molar-refractivity contribution >= 4 is 28.5 Å². The third kappa shape index (κ3) is 3.93. The van der Waals surface area contributed by atoms with E-state index in [4.69, 9.17) is 14.2 Å². The maximum absolute atomic E-state index is 13.1. The molecule has 1 saturated heterocycles. The summed E-state index contributed by atoms with van der Waals surface area (Å²) in [5.41, 5.74) is 1.41. The van der Waals surface area contributed by atoms with E-state index >= 15 is 0 Å². The van der Waals surface area contributed by atoms with Gasteiger partial charge in [0.05, 0.1) is 32.9 Å². The second-order valence-electron chi connectivity index (χ2n) is 5.85. The minimum Gasteiger partial charge on any atom is -0.493 e. The Morgan fingerprint density at radius 2 is 1.85 bits per heavy atom. The van der Waals surface area contributed by atoms with Gasteiger partial charge in [0.25, 0.3) is 5.91 Å². The molecule has 0 aliphatic carbocycles. The van der Waals surface area contributed by atoms with Crippen LogP contribution in [0.25, 0.3) is 0 Å². The van der Waals surface area contributed by atoms with E-state index in [1.165, 1.54) is 19.2 Å². The molecule has 1 fully saturated rings. The number of benzene rings is 2. The predicted octanol–water partition coefficient (Wildman–Crippen LogP) is 3.66. The van der Waals surface area contributed by atoms with Crippen LogP contribution >= 0.6 is 22.6 Å². The molecule has 1 aliphatic rings. The van der Waals surface area contributed by atoms with Crippen LogP contribution in [0.3, 0.4) is 0 Å². The van der Waals surface area contributed by atoms with Gasteiger partial charge in [-0.25, -0.2) is 4.39 Å². The van der Waals surface area contributed by atoms with E-state index < -0.39 is 0 Å². The highest BCUT2D eigenvalue weighted by Gasteiger charge is 2.28. The zero-order valence-corrected chi connectivity index (χ0v) is 16.7. The first-order valence-corrected chi connectivity index (χ1v) is 9.19. The smallest absolute Gasteiger partial charge is 0.255 e. The van der Waals surface area contributed by atoms with E-state index in [1.54, 1.807) is 36.3 Å². The molecule has 7 heteroatoms. The quantitative estimate of drug-likeness (QED) is 0.639. The Hall–Kier alpha value is -1.87. The summed E-state index contributed by atoms with van der Waals surface area (Å²) in [5, 5.41) is 0. The normalized spacial score (nSPS) is 17.1. The summed E-state index contributed by atoms with van der Waals surface area (Å²) >= 11 is 2.12. The van der Waals surface area contributed by atoms with Crippen molar-refractivity contribution in [2.45, 2.75) is 6.10 Å². The molecule has 5 nitrogen and oxygen atoms in total. The molecule has 0 bridgehead atoms. The lowest BCUT2D eigenvalue weighted by Crippen LogP contribution is -2.42. The Morgan fingerprint density at radius 3 is 2.50 bits per heavy atom. The fourth-order valence-electron chi connectivity index (χ4n) is 2.90. The van der Waals surface area contributed by atoms with Gasteiger partial charge in [-0.05, 0) is 52.4 Å². The molecule has 1 aliphatic heterocycles. The van der Waals surface area contributed by atoms with E-state index in [2.05, 4.69) is 22.6 Å². The van der Waals surface area contributed by atoms with Crippen molar-refractivity contribution in [3.05, 3.63) is 56.9 Å². The Balaban J connectivity index is 1.82. The zero-order chi connectivity index (χ0) is 18.7. The SMILES string of the molecule is COc1cc(I)c(C(=O)N2CCOC(c3ccc(F)cc3)C2)cc1OC. The van der Waals surface area contributed by atoms with Crippen molar-refractivity contribution in [1.82, 2.24) is 4.90 Å². The first kappa shape index (κ1) is 18.9. The Morgan fingerprint density at radius 1 is 1.19 bits per heavy atom. The molecule has 1 amide bonds. The van der Waals surface area contributed by atoms with Crippen molar-refractivity contribution in [2.75, 3.05) is 33.9 Å². The van der Waals surface area contributed by atoms with Crippen LogP contribution in [-0.4, -0.2) is 44.7 Å². The Bertz CT molecular complexity index is 797. The average molecular weight is 471 g/mol. The fourth-order valence-corrected chi connectivity index (χ4v) is 3.57. The Kier molecular flexibility index (Phi) is 5.98. The lowest BCUT2D eigenvalue weighted by atomic mass is 10.1. The summed E-state index contributed by atoms with van der Waals surface area (Å²) in [4.78, 5) is 14.8. The maximum atomic E-state index is 13.1. The largest absolute Gasteiger partial charge is 0.493 e. The molecule has 1 atom stereocenters. The maximum Gasteiger partial charge on any atom is 0.255 e. The lowest BCUT2D eigenvalue weighted by Gasteiger charge is -2.33. The molecular formula is C19H19FINO4. The van der Waals surface area contributed by atoms with E-state index in [-0.39, 0.29) is 17.8 Å². The molecule has 0 N–H and O–H groups in total. The molecule has 2 aromatic carbocycles. The van der Waals surface area contributed by atoms with Crippen LogP contribution in [0.15, 0.2) is 36.4 Å². The summed E-state index contributed by atoms with van der Waals surface area (Å²) in [6.45, 7) is 1.34. The van der Waals surface area contributed by atoms with Crippen LogP contribution in [-0.2, 0) is 4.74 Å². The van der Waals surface area contributed by atoms with E-state index in [9.17, 15) is 9.18 Å². The van der Waals surface area contributed by atoms with E-state index in [0.29, 0.717) is 36.8 Å². The van der Waals surface area contributed by atoms with Gasteiger partial charge in [0, 0.05) is 10.1 Å². The van der Waals surface area contributed by atoms with Gasteiger partial charge < -0.3 is 19.1 Å². The van der Waals surface area contributed by atoms with Crippen LogP contribution in [0.2, 0.25) is 0 Å². The summed E-state index contributed by atoms with van der Waals surface area (Å²) in [7, 11) is 3.10. The molecule has 26 heavy (non-hydrogen) atoms. The topological polar surface area (TPSA) is 48.0 Å². The van der Waals surface area contributed by atoms with Crippen LogP contribution in [0.5, 0.6) is 11.5 Å². The number of morpholine rings is 1. The van der Waals surface area contributed by atoms with Gasteiger partial charge in [0.1, 0.15) is 11.9 Å². The number of hydrogen-bond donors (Lipinski definition) is 0. The highest BCUT2D eigenvalue weighted by molar-refractivity contribution is 14.1. The van der Waals surface area contributed by atoms with Gasteiger partial charge in [-0.1, -0.05) is 12.1 Å². The third-order valence-electron chi connectivity index (χ3n) is 4.30. The molecule has 0 spiro atoms. The molecule has 0 aromatic heterocycles. The number of carbonyl (C=O) groups is 1. The number of amides is 1. The zero-order valence-electron chi connectivity index (χ0n) is 14.5. The van der Waals surface area contributed by atoms with Crippen molar-refractivity contribution < 1.29 is 23.4 Å². The van der Waals surface area contributed by atoms with Gasteiger partial charge in [0.2, 0.25) is 0 Å². The van der Waals surface area contributed by atoms with Crippen LogP contribution in [0.1, 0.15) is 22.0 Å². The number of carbonyl (C=O) groups excluding carboxylic acids is 1.